The number of carbonyl (C=O) groups is 2. The molecule has 0 radical (unpaired) electrons. The Hall–Kier alpha value is -1.19. The molecule has 0 aromatic heterocycles. The molecule has 1 atom stereocenters. The topological polar surface area (TPSA) is 55.7 Å². The molecule has 0 aliphatic heterocycles. The Morgan fingerprint density at radius 3 is 2.36 bits per heavy atom. The Morgan fingerprint density at radius 1 is 1.55 bits per heavy atom. The minimum atomic E-state index is -0.843. The first kappa shape index (κ1) is 9.81. The van der Waals surface area contributed by atoms with Crippen LogP contribution in [0, 0.1) is 5.92 Å². The van der Waals surface area contributed by atoms with E-state index in [1.165, 1.54) is 27.3 Å². The fraction of sp³-hybridized carbons (Fsp3) is 0.571. The Morgan fingerprint density at radius 2 is 2.09 bits per heavy atom. The number of ether oxygens (including phenoxy) is 1. The lowest BCUT2D eigenvalue weighted by molar-refractivity contribution is -0.145. The molecule has 0 aromatic carbocycles. The van der Waals surface area contributed by atoms with E-state index in [9.17, 15) is 9.59 Å². The van der Waals surface area contributed by atoms with Gasteiger partial charge in [-0.1, -0.05) is 0 Å². The summed E-state index contributed by atoms with van der Waals surface area (Å²) in [5.74, 6) is -1.67. The van der Waals surface area contributed by atoms with E-state index in [-0.39, 0.29) is 5.78 Å². The van der Waals surface area contributed by atoms with Gasteiger partial charge < -0.3 is 4.74 Å². The molecule has 0 aromatic rings. The van der Waals surface area contributed by atoms with Gasteiger partial charge in [0.2, 0.25) is 0 Å². The monoisotopic (exact) mass is 157 g/mol. The van der Waals surface area contributed by atoms with Gasteiger partial charge in [-0.25, -0.2) is 0 Å². The summed E-state index contributed by atoms with van der Waals surface area (Å²) in [6.07, 6.45) is 1.27. The Labute approximate surface area is 65.3 Å². The van der Waals surface area contributed by atoms with Gasteiger partial charge in [-0.3, -0.25) is 14.6 Å². The maximum atomic E-state index is 10.8. The average molecular weight is 157 g/mol. The fourth-order valence-corrected chi connectivity index (χ4v) is 0.608. The molecule has 11 heavy (non-hydrogen) atoms. The summed E-state index contributed by atoms with van der Waals surface area (Å²) in [5.41, 5.74) is 0. The number of esters is 1. The minimum Gasteiger partial charge on any atom is -0.468 e. The highest BCUT2D eigenvalue weighted by Gasteiger charge is 2.21. The van der Waals surface area contributed by atoms with Gasteiger partial charge in [-0.15, -0.1) is 0 Å². The number of Topliss-reactive ketones (excluding diaryl/α,β-unsaturated/α-hetero) is 1. The predicted molar refractivity (Wildman–Crippen MR) is 40.6 cm³/mol. The molecule has 0 saturated carbocycles. The molecule has 0 saturated heterocycles. The lowest BCUT2D eigenvalue weighted by atomic mass is 10.1. The molecule has 0 heterocycles. The molecule has 0 spiro atoms. The molecular formula is C7H11NO3. The van der Waals surface area contributed by atoms with Gasteiger partial charge in [0.25, 0.3) is 0 Å². The average Bonchev–Trinajstić information content (AvgIpc) is 1.98. The van der Waals surface area contributed by atoms with Gasteiger partial charge in [0.15, 0.2) is 0 Å². The van der Waals surface area contributed by atoms with E-state index in [4.69, 9.17) is 0 Å². The Kier molecular flexibility index (Phi) is 4.10. The van der Waals surface area contributed by atoms with Crippen LogP contribution in [0.25, 0.3) is 0 Å². The normalized spacial score (nSPS) is 13.0. The van der Waals surface area contributed by atoms with Crippen molar-refractivity contribution in [3.05, 3.63) is 0 Å². The maximum Gasteiger partial charge on any atom is 0.321 e. The van der Waals surface area contributed by atoms with E-state index in [0.29, 0.717) is 0 Å². The summed E-state index contributed by atoms with van der Waals surface area (Å²) in [7, 11) is 2.74. The number of aliphatic imine (C=N–C) groups is 1. The standard InChI is InChI=1S/C7H11NO3/c1-5(9)6(4-8-2)7(10)11-3/h4,6H,1-3H3. The van der Waals surface area contributed by atoms with E-state index in [1.54, 1.807) is 0 Å². The molecular weight excluding hydrogens is 146 g/mol. The summed E-state index contributed by atoms with van der Waals surface area (Å²) in [6, 6.07) is 0. The summed E-state index contributed by atoms with van der Waals surface area (Å²) in [5, 5.41) is 0. The number of hydrogen-bond donors (Lipinski definition) is 0. The van der Waals surface area contributed by atoms with Crippen molar-refractivity contribution < 1.29 is 14.3 Å². The molecule has 62 valence electrons. The number of hydrogen-bond acceptors (Lipinski definition) is 4. The fourth-order valence-electron chi connectivity index (χ4n) is 0.608. The number of ketones is 1. The smallest absolute Gasteiger partial charge is 0.321 e. The molecule has 0 fully saturated rings. The van der Waals surface area contributed by atoms with Crippen molar-refractivity contribution in [3.8, 4) is 0 Å². The number of methoxy groups -OCH3 is 1. The largest absolute Gasteiger partial charge is 0.468 e. The molecule has 0 N–H and O–H groups in total. The highest BCUT2D eigenvalue weighted by Crippen LogP contribution is 1.97. The second kappa shape index (κ2) is 4.60. The first-order valence-corrected chi connectivity index (χ1v) is 3.14. The van der Waals surface area contributed by atoms with Crippen molar-refractivity contribution in [2.45, 2.75) is 6.92 Å². The first-order chi connectivity index (χ1) is 5.13. The second-order valence-corrected chi connectivity index (χ2v) is 2.02. The third kappa shape index (κ3) is 2.93. The van der Waals surface area contributed by atoms with Crippen molar-refractivity contribution in [2.24, 2.45) is 10.9 Å². The highest BCUT2D eigenvalue weighted by atomic mass is 16.5. The summed E-state index contributed by atoms with van der Waals surface area (Å²) < 4.78 is 4.38. The molecule has 4 nitrogen and oxygen atoms in total. The van der Waals surface area contributed by atoms with Crippen molar-refractivity contribution in [1.82, 2.24) is 0 Å². The number of rotatable bonds is 3. The van der Waals surface area contributed by atoms with Crippen LogP contribution in [0.15, 0.2) is 4.99 Å². The van der Waals surface area contributed by atoms with Crippen LogP contribution in [-0.2, 0) is 14.3 Å². The van der Waals surface area contributed by atoms with Crippen molar-refractivity contribution in [2.75, 3.05) is 14.2 Å². The Balaban J connectivity index is 4.34. The molecule has 0 bridgehead atoms. The minimum absolute atomic E-state index is 0.262. The molecule has 4 heteroatoms. The van der Waals surface area contributed by atoms with Gasteiger partial charge in [0.05, 0.1) is 7.11 Å². The number of nitrogens with zero attached hydrogens (tertiary/aromatic N) is 1. The van der Waals surface area contributed by atoms with E-state index in [2.05, 4.69) is 9.73 Å². The summed E-state index contributed by atoms with van der Waals surface area (Å²) in [6.45, 7) is 1.32. The molecule has 0 rings (SSSR count). The quantitative estimate of drug-likeness (QED) is 0.331. The van der Waals surface area contributed by atoms with Crippen LogP contribution in [0.5, 0.6) is 0 Å². The lowest BCUT2D eigenvalue weighted by Crippen LogP contribution is -2.24. The zero-order valence-corrected chi connectivity index (χ0v) is 6.83. The lowest BCUT2D eigenvalue weighted by Gasteiger charge is -2.03. The van der Waals surface area contributed by atoms with Crippen LogP contribution in [0.4, 0.5) is 0 Å². The summed E-state index contributed by atoms with van der Waals surface area (Å²) in [4.78, 5) is 25.1. The first-order valence-electron chi connectivity index (χ1n) is 3.14. The molecule has 1 unspecified atom stereocenters. The zero-order valence-electron chi connectivity index (χ0n) is 6.83. The van der Waals surface area contributed by atoms with Crippen LogP contribution in [0.3, 0.4) is 0 Å². The van der Waals surface area contributed by atoms with E-state index >= 15 is 0 Å². The van der Waals surface area contributed by atoms with Crippen LogP contribution in [0.1, 0.15) is 6.92 Å². The van der Waals surface area contributed by atoms with Crippen molar-refractivity contribution in [3.63, 3.8) is 0 Å². The van der Waals surface area contributed by atoms with Gasteiger partial charge in [0, 0.05) is 13.3 Å². The van der Waals surface area contributed by atoms with Crippen LogP contribution in [0.2, 0.25) is 0 Å². The third-order valence-electron chi connectivity index (χ3n) is 1.19. The second-order valence-electron chi connectivity index (χ2n) is 2.02. The predicted octanol–water partition coefficient (Wildman–Crippen LogP) is 0.0652. The Bertz CT molecular complexity index is 186. The van der Waals surface area contributed by atoms with Gasteiger partial charge >= 0.3 is 5.97 Å². The highest BCUT2D eigenvalue weighted by molar-refractivity contribution is 6.10. The van der Waals surface area contributed by atoms with Crippen LogP contribution >= 0.6 is 0 Å². The number of carbonyl (C=O) groups excluding carboxylic acids is 2. The van der Waals surface area contributed by atoms with Gasteiger partial charge in [-0.05, 0) is 6.92 Å². The third-order valence-corrected chi connectivity index (χ3v) is 1.19. The van der Waals surface area contributed by atoms with Crippen LogP contribution in [-0.4, -0.2) is 32.1 Å². The molecule has 0 aliphatic carbocycles. The van der Waals surface area contributed by atoms with E-state index < -0.39 is 11.9 Å². The van der Waals surface area contributed by atoms with Crippen molar-refractivity contribution >= 4 is 18.0 Å². The van der Waals surface area contributed by atoms with Crippen LogP contribution < -0.4 is 0 Å². The van der Waals surface area contributed by atoms with Gasteiger partial charge in [-0.2, -0.15) is 0 Å². The van der Waals surface area contributed by atoms with E-state index in [1.807, 2.05) is 0 Å². The van der Waals surface area contributed by atoms with E-state index in [0.717, 1.165) is 0 Å². The van der Waals surface area contributed by atoms with Gasteiger partial charge in [0.1, 0.15) is 11.7 Å². The molecule has 0 aliphatic rings. The SMILES string of the molecule is CN=CC(C(C)=O)C(=O)OC. The molecule has 0 amide bonds. The zero-order chi connectivity index (χ0) is 8.85. The summed E-state index contributed by atoms with van der Waals surface area (Å²) >= 11 is 0. The van der Waals surface area contributed by atoms with Crippen molar-refractivity contribution in [1.29, 1.82) is 0 Å². The maximum absolute atomic E-state index is 10.8.